The van der Waals surface area contributed by atoms with E-state index in [1.54, 1.807) is 4.68 Å². The summed E-state index contributed by atoms with van der Waals surface area (Å²) in [5.41, 5.74) is 3.53. The smallest absolute Gasteiger partial charge is 0.263 e. The van der Waals surface area contributed by atoms with Crippen molar-refractivity contribution >= 4 is 11.7 Å². The molecule has 1 aliphatic carbocycles. The first-order valence-corrected chi connectivity index (χ1v) is 8.12. The summed E-state index contributed by atoms with van der Waals surface area (Å²) in [6, 6.07) is 7.88. The average Bonchev–Trinajstić information content (AvgIpc) is 3.08. The Labute approximate surface area is 136 Å². The summed E-state index contributed by atoms with van der Waals surface area (Å²) in [6.07, 6.45) is 3.09. The van der Waals surface area contributed by atoms with Gasteiger partial charge < -0.3 is 10.1 Å². The number of aryl methyl sites for hydroxylation is 2. The Bertz CT molecular complexity index is 702. The van der Waals surface area contributed by atoms with Crippen LogP contribution in [0.4, 0.5) is 5.82 Å². The number of rotatable bonds is 5. The molecule has 0 atom stereocenters. The molecule has 0 unspecified atom stereocenters. The van der Waals surface area contributed by atoms with Crippen LogP contribution in [-0.4, -0.2) is 22.3 Å². The lowest BCUT2D eigenvalue weighted by Crippen LogP contribution is -2.22. The van der Waals surface area contributed by atoms with Gasteiger partial charge in [0.05, 0.1) is 5.69 Å². The highest BCUT2D eigenvalue weighted by atomic mass is 16.5. The Balaban J connectivity index is 1.58. The molecule has 3 rings (SSSR count). The number of ether oxygens (including phenoxy) is 1. The fourth-order valence-corrected chi connectivity index (χ4v) is 2.94. The molecule has 0 bridgehead atoms. The van der Waals surface area contributed by atoms with Gasteiger partial charge in [0.2, 0.25) is 0 Å². The number of hydrogen-bond acceptors (Lipinski definition) is 3. The summed E-state index contributed by atoms with van der Waals surface area (Å²) < 4.78 is 7.32. The SMILES string of the molecule is CC(C)c1ccc(OCC(=O)Nc2c3c(nn2C)CCC3)cc1. The van der Waals surface area contributed by atoms with Gasteiger partial charge in [0.25, 0.3) is 5.91 Å². The fraction of sp³-hybridized carbons (Fsp3) is 0.444. The van der Waals surface area contributed by atoms with E-state index in [0.29, 0.717) is 11.7 Å². The van der Waals surface area contributed by atoms with Gasteiger partial charge in [-0.1, -0.05) is 26.0 Å². The van der Waals surface area contributed by atoms with Crippen molar-refractivity contribution in [2.75, 3.05) is 11.9 Å². The van der Waals surface area contributed by atoms with Crippen LogP contribution in [0.3, 0.4) is 0 Å². The summed E-state index contributed by atoms with van der Waals surface area (Å²) in [6.45, 7) is 4.30. The molecule has 1 amide bonds. The lowest BCUT2D eigenvalue weighted by molar-refractivity contribution is -0.118. The van der Waals surface area contributed by atoms with Crippen LogP contribution in [0.5, 0.6) is 5.75 Å². The Morgan fingerprint density at radius 1 is 1.30 bits per heavy atom. The number of hydrogen-bond donors (Lipinski definition) is 1. The predicted molar refractivity (Wildman–Crippen MR) is 89.9 cm³/mol. The van der Waals surface area contributed by atoms with Gasteiger partial charge in [0, 0.05) is 12.6 Å². The van der Waals surface area contributed by atoms with Crippen molar-refractivity contribution in [3.8, 4) is 5.75 Å². The van der Waals surface area contributed by atoms with Crippen LogP contribution in [0.25, 0.3) is 0 Å². The monoisotopic (exact) mass is 313 g/mol. The van der Waals surface area contributed by atoms with Gasteiger partial charge in [-0.3, -0.25) is 9.48 Å². The Morgan fingerprint density at radius 3 is 2.74 bits per heavy atom. The third kappa shape index (κ3) is 3.38. The highest BCUT2D eigenvalue weighted by Gasteiger charge is 2.22. The maximum atomic E-state index is 12.1. The standard InChI is InChI=1S/C18H23N3O2/c1-12(2)13-7-9-14(10-8-13)23-11-17(22)19-18-15-5-4-6-16(15)20-21(18)3/h7-10,12H,4-6,11H2,1-3H3,(H,19,22). The number of amides is 1. The van der Waals surface area contributed by atoms with Gasteiger partial charge >= 0.3 is 0 Å². The zero-order chi connectivity index (χ0) is 16.4. The molecule has 1 aliphatic rings. The number of nitrogens with one attached hydrogen (secondary N) is 1. The van der Waals surface area contributed by atoms with E-state index >= 15 is 0 Å². The van der Waals surface area contributed by atoms with Gasteiger partial charge in [0.1, 0.15) is 11.6 Å². The second-order valence-electron chi connectivity index (χ2n) is 6.31. The summed E-state index contributed by atoms with van der Waals surface area (Å²) >= 11 is 0. The van der Waals surface area contributed by atoms with Crippen LogP contribution in [0.15, 0.2) is 24.3 Å². The predicted octanol–water partition coefficient (Wildman–Crippen LogP) is 3.05. The fourth-order valence-electron chi connectivity index (χ4n) is 2.94. The number of nitrogens with zero attached hydrogens (tertiary/aromatic N) is 2. The molecule has 5 nitrogen and oxygen atoms in total. The minimum atomic E-state index is -0.157. The first-order chi connectivity index (χ1) is 11.0. The molecule has 1 aromatic carbocycles. The van der Waals surface area contributed by atoms with Crippen LogP contribution in [0.2, 0.25) is 0 Å². The number of aromatic nitrogens is 2. The molecule has 1 N–H and O–H groups in total. The minimum Gasteiger partial charge on any atom is -0.484 e. The van der Waals surface area contributed by atoms with Crippen molar-refractivity contribution in [1.29, 1.82) is 0 Å². The van der Waals surface area contributed by atoms with Crippen molar-refractivity contribution in [2.45, 2.75) is 39.0 Å². The summed E-state index contributed by atoms with van der Waals surface area (Å²) in [4.78, 5) is 12.1. The van der Waals surface area contributed by atoms with Crippen LogP contribution < -0.4 is 10.1 Å². The lowest BCUT2D eigenvalue weighted by Gasteiger charge is -2.10. The molecule has 0 aliphatic heterocycles. The van der Waals surface area contributed by atoms with E-state index in [1.165, 1.54) is 11.1 Å². The normalized spacial score (nSPS) is 13.2. The molecule has 122 valence electrons. The van der Waals surface area contributed by atoms with Crippen molar-refractivity contribution in [1.82, 2.24) is 9.78 Å². The lowest BCUT2D eigenvalue weighted by atomic mass is 10.0. The first-order valence-electron chi connectivity index (χ1n) is 8.12. The van der Waals surface area contributed by atoms with Crippen LogP contribution >= 0.6 is 0 Å². The third-order valence-electron chi connectivity index (χ3n) is 4.24. The van der Waals surface area contributed by atoms with Gasteiger partial charge in [-0.25, -0.2) is 0 Å². The molecule has 1 aromatic heterocycles. The first kappa shape index (κ1) is 15.6. The molecule has 5 heteroatoms. The number of carbonyl (C=O) groups is 1. The molecule has 0 spiro atoms. The zero-order valence-electron chi connectivity index (χ0n) is 13.9. The van der Waals surface area contributed by atoms with Crippen LogP contribution in [0.1, 0.15) is 43.0 Å². The Hall–Kier alpha value is -2.30. The van der Waals surface area contributed by atoms with Crippen LogP contribution in [-0.2, 0) is 24.7 Å². The van der Waals surface area contributed by atoms with E-state index in [1.807, 2.05) is 31.3 Å². The largest absolute Gasteiger partial charge is 0.484 e. The average molecular weight is 313 g/mol. The number of fused-ring (bicyclic) bond motifs is 1. The van der Waals surface area contributed by atoms with E-state index < -0.39 is 0 Å². The maximum absolute atomic E-state index is 12.1. The topological polar surface area (TPSA) is 56.1 Å². The molecule has 0 fully saturated rings. The zero-order valence-corrected chi connectivity index (χ0v) is 13.9. The van der Waals surface area contributed by atoms with E-state index in [4.69, 9.17) is 4.74 Å². The van der Waals surface area contributed by atoms with E-state index in [2.05, 4.69) is 24.3 Å². The molecule has 23 heavy (non-hydrogen) atoms. The van der Waals surface area contributed by atoms with Crippen molar-refractivity contribution < 1.29 is 9.53 Å². The molecular weight excluding hydrogens is 290 g/mol. The van der Waals surface area contributed by atoms with Gasteiger partial charge in [-0.05, 0) is 42.9 Å². The summed E-state index contributed by atoms with van der Waals surface area (Å²) in [5.74, 6) is 1.84. The summed E-state index contributed by atoms with van der Waals surface area (Å²) in [5, 5.41) is 7.38. The molecule has 1 heterocycles. The maximum Gasteiger partial charge on any atom is 0.263 e. The van der Waals surface area contributed by atoms with Crippen LogP contribution in [0, 0.1) is 0 Å². The quantitative estimate of drug-likeness (QED) is 0.923. The Morgan fingerprint density at radius 2 is 2.04 bits per heavy atom. The number of benzene rings is 1. The number of carbonyl (C=O) groups excluding carboxylic acids is 1. The molecular formula is C18H23N3O2. The third-order valence-corrected chi connectivity index (χ3v) is 4.24. The second-order valence-corrected chi connectivity index (χ2v) is 6.31. The minimum absolute atomic E-state index is 0.000971. The Kier molecular flexibility index (Phi) is 4.37. The van der Waals surface area contributed by atoms with Gasteiger partial charge in [-0.2, -0.15) is 5.10 Å². The van der Waals surface area contributed by atoms with Crippen molar-refractivity contribution in [3.63, 3.8) is 0 Å². The highest BCUT2D eigenvalue weighted by Crippen LogP contribution is 2.28. The highest BCUT2D eigenvalue weighted by molar-refractivity contribution is 5.92. The van der Waals surface area contributed by atoms with E-state index in [9.17, 15) is 4.79 Å². The number of anilines is 1. The second kappa shape index (κ2) is 6.44. The molecule has 2 aromatic rings. The van der Waals surface area contributed by atoms with Gasteiger partial charge in [-0.15, -0.1) is 0 Å². The van der Waals surface area contributed by atoms with E-state index in [-0.39, 0.29) is 12.5 Å². The summed E-state index contributed by atoms with van der Waals surface area (Å²) in [7, 11) is 1.86. The van der Waals surface area contributed by atoms with E-state index in [0.717, 1.165) is 30.8 Å². The molecule has 0 radical (unpaired) electrons. The van der Waals surface area contributed by atoms with Gasteiger partial charge in [0.15, 0.2) is 6.61 Å². The molecule has 0 saturated heterocycles. The van der Waals surface area contributed by atoms with Crippen molar-refractivity contribution in [3.05, 3.63) is 41.1 Å². The molecule has 0 saturated carbocycles. The van der Waals surface area contributed by atoms with Crippen molar-refractivity contribution in [2.24, 2.45) is 7.05 Å².